The molecule has 0 spiro atoms. The molecule has 8 heavy (non-hydrogen) atoms. The van der Waals surface area contributed by atoms with Gasteiger partial charge in [-0.2, -0.15) is 0 Å². The summed E-state index contributed by atoms with van der Waals surface area (Å²) in [5.41, 5.74) is 3.45. The summed E-state index contributed by atoms with van der Waals surface area (Å²) in [7, 11) is 0. The molecule has 1 aliphatic carbocycles. The van der Waals surface area contributed by atoms with Gasteiger partial charge in [-0.1, -0.05) is 0 Å². The van der Waals surface area contributed by atoms with Crippen molar-refractivity contribution in [1.29, 1.82) is 5.41 Å². The fourth-order valence-corrected chi connectivity index (χ4v) is 0.379. The molecular formula is C4H8ClFN2. The maximum Gasteiger partial charge on any atom is 0.167 e. The predicted molar refractivity (Wildman–Crippen MR) is 32.2 cm³/mol. The fourth-order valence-electron chi connectivity index (χ4n) is 0.379. The third-order valence-corrected chi connectivity index (χ3v) is 1.17. The van der Waals surface area contributed by atoms with E-state index in [1.54, 1.807) is 0 Å². The van der Waals surface area contributed by atoms with Gasteiger partial charge < -0.3 is 5.73 Å². The highest BCUT2D eigenvalue weighted by Crippen LogP contribution is 2.39. The highest BCUT2D eigenvalue weighted by atomic mass is 35.5. The van der Waals surface area contributed by atoms with E-state index in [1.165, 1.54) is 0 Å². The quantitative estimate of drug-likeness (QED) is 0.410. The third-order valence-electron chi connectivity index (χ3n) is 1.17. The fraction of sp³-hybridized carbons (Fsp3) is 0.750. The van der Waals surface area contributed by atoms with Crippen molar-refractivity contribution in [1.82, 2.24) is 0 Å². The molecule has 0 aromatic heterocycles. The second-order valence-electron chi connectivity index (χ2n) is 1.88. The lowest BCUT2D eigenvalue weighted by atomic mass is 10.3. The van der Waals surface area contributed by atoms with Crippen LogP contribution in [-0.2, 0) is 0 Å². The molecule has 3 N–H and O–H groups in total. The van der Waals surface area contributed by atoms with Crippen molar-refractivity contribution in [3.63, 3.8) is 0 Å². The van der Waals surface area contributed by atoms with Crippen LogP contribution in [0.25, 0.3) is 0 Å². The second-order valence-corrected chi connectivity index (χ2v) is 1.88. The molecule has 0 aromatic rings. The van der Waals surface area contributed by atoms with Crippen LogP contribution in [0.2, 0.25) is 0 Å². The molecule has 0 unspecified atom stereocenters. The lowest BCUT2D eigenvalue weighted by Gasteiger charge is -1.96. The minimum Gasteiger partial charge on any atom is -0.385 e. The van der Waals surface area contributed by atoms with E-state index in [9.17, 15) is 4.39 Å². The minimum absolute atomic E-state index is 0. The first-order valence-electron chi connectivity index (χ1n) is 2.18. The molecule has 48 valence electrons. The van der Waals surface area contributed by atoms with Gasteiger partial charge in [0.25, 0.3) is 0 Å². The SMILES string of the molecule is Cl.N=C(N)C1(F)CC1. The zero-order chi connectivity index (χ0) is 5.49. The molecule has 0 aliphatic heterocycles. The van der Waals surface area contributed by atoms with Gasteiger partial charge in [-0.25, -0.2) is 4.39 Å². The van der Waals surface area contributed by atoms with Gasteiger partial charge in [0, 0.05) is 0 Å². The first kappa shape index (κ1) is 7.69. The molecule has 1 saturated carbocycles. The molecule has 1 aliphatic rings. The van der Waals surface area contributed by atoms with E-state index >= 15 is 0 Å². The van der Waals surface area contributed by atoms with Crippen molar-refractivity contribution in [2.75, 3.05) is 0 Å². The number of rotatable bonds is 1. The Bertz CT molecular complexity index is 111. The van der Waals surface area contributed by atoms with Crippen LogP contribution in [0, 0.1) is 5.41 Å². The maximum absolute atomic E-state index is 12.3. The van der Waals surface area contributed by atoms with E-state index in [0.29, 0.717) is 12.8 Å². The van der Waals surface area contributed by atoms with Gasteiger partial charge in [-0.05, 0) is 12.8 Å². The summed E-state index contributed by atoms with van der Waals surface area (Å²) in [6, 6.07) is 0. The summed E-state index contributed by atoms with van der Waals surface area (Å²) in [5.74, 6) is -0.312. The normalized spacial score (nSPS) is 21.1. The first-order chi connectivity index (χ1) is 3.15. The second kappa shape index (κ2) is 1.90. The van der Waals surface area contributed by atoms with Crippen LogP contribution in [-0.4, -0.2) is 11.5 Å². The highest BCUT2D eigenvalue weighted by Gasteiger charge is 2.46. The molecule has 1 fully saturated rings. The molecule has 1 rings (SSSR count). The Balaban J connectivity index is 0.000000490. The van der Waals surface area contributed by atoms with Crippen molar-refractivity contribution in [2.24, 2.45) is 5.73 Å². The van der Waals surface area contributed by atoms with Crippen LogP contribution in [0.3, 0.4) is 0 Å². The third kappa shape index (κ3) is 1.10. The average molecular weight is 139 g/mol. The number of hydrogen-bond acceptors (Lipinski definition) is 1. The number of nitrogens with one attached hydrogen (secondary N) is 1. The standard InChI is InChI=1S/C4H7FN2.ClH/c5-4(1-2-4)3(6)7;/h1-2H2,(H3,6,7);1H. The molecular weight excluding hydrogens is 131 g/mol. The van der Waals surface area contributed by atoms with Crippen LogP contribution in [0.15, 0.2) is 0 Å². The summed E-state index contributed by atoms with van der Waals surface area (Å²) in [5, 5.41) is 6.61. The van der Waals surface area contributed by atoms with Crippen molar-refractivity contribution < 1.29 is 4.39 Å². The lowest BCUT2D eigenvalue weighted by Crippen LogP contribution is -2.24. The summed E-state index contributed by atoms with van der Waals surface area (Å²) in [6.07, 6.45) is 0.894. The van der Waals surface area contributed by atoms with E-state index in [0.717, 1.165) is 0 Å². The Hall–Kier alpha value is -0.310. The van der Waals surface area contributed by atoms with Crippen LogP contribution in [0.5, 0.6) is 0 Å². The zero-order valence-electron chi connectivity index (χ0n) is 4.28. The highest BCUT2D eigenvalue weighted by molar-refractivity contribution is 5.88. The van der Waals surface area contributed by atoms with Crippen LogP contribution >= 0.6 is 12.4 Å². The van der Waals surface area contributed by atoms with E-state index in [2.05, 4.69) is 0 Å². The van der Waals surface area contributed by atoms with E-state index in [-0.39, 0.29) is 18.2 Å². The molecule has 0 aromatic carbocycles. The van der Waals surface area contributed by atoms with E-state index < -0.39 is 5.67 Å². The molecule has 0 bridgehead atoms. The predicted octanol–water partition coefficient (Wildman–Crippen LogP) is 0.846. The Labute approximate surface area is 53.2 Å². The van der Waals surface area contributed by atoms with Crippen molar-refractivity contribution in [3.8, 4) is 0 Å². The monoisotopic (exact) mass is 138 g/mol. The molecule has 0 amide bonds. The molecule has 4 heteroatoms. The zero-order valence-corrected chi connectivity index (χ0v) is 5.09. The summed E-state index contributed by atoms with van der Waals surface area (Å²) >= 11 is 0. The molecule has 0 atom stereocenters. The van der Waals surface area contributed by atoms with Crippen molar-refractivity contribution in [3.05, 3.63) is 0 Å². The Morgan fingerprint density at radius 2 is 2.00 bits per heavy atom. The maximum atomic E-state index is 12.3. The Morgan fingerprint density at radius 3 is 2.00 bits per heavy atom. The van der Waals surface area contributed by atoms with Crippen molar-refractivity contribution >= 4 is 18.2 Å². The van der Waals surface area contributed by atoms with Crippen LogP contribution in [0.1, 0.15) is 12.8 Å². The van der Waals surface area contributed by atoms with Gasteiger partial charge in [-0.15, -0.1) is 12.4 Å². The average Bonchev–Trinajstić information content (AvgIpc) is 2.21. The Morgan fingerprint density at radius 1 is 1.62 bits per heavy atom. The van der Waals surface area contributed by atoms with Gasteiger partial charge in [-0.3, -0.25) is 5.41 Å². The van der Waals surface area contributed by atoms with Crippen LogP contribution in [0.4, 0.5) is 4.39 Å². The molecule has 0 radical (unpaired) electrons. The molecule has 0 heterocycles. The largest absolute Gasteiger partial charge is 0.385 e. The topological polar surface area (TPSA) is 49.9 Å². The Kier molecular flexibility index (Phi) is 1.82. The lowest BCUT2D eigenvalue weighted by molar-refractivity contribution is 0.402. The summed E-state index contributed by atoms with van der Waals surface area (Å²) in [6.45, 7) is 0. The molecule has 2 nitrogen and oxygen atoms in total. The first-order valence-corrected chi connectivity index (χ1v) is 2.18. The number of halogens is 2. The minimum atomic E-state index is -1.39. The van der Waals surface area contributed by atoms with Gasteiger partial charge in [0.05, 0.1) is 0 Å². The summed E-state index contributed by atoms with van der Waals surface area (Å²) < 4.78 is 12.3. The molecule has 0 saturated heterocycles. The van der Waals surface area contributed by atoms with Gasteiger partial charge in [0.1, 0.15) is 5.84 Å². The van der Waals surface area contributed by atoms with E-state index in [1.807, 2.05) is 0 Å². The number of amidine groups is 1. The van der Waals surface area contributed by atoms with Gasteiger partial charge in [0.15, 0.2) is 5.67 Å². The smallest absolute Gasteiger partial charge is 0.167 e. The number of alkyl halides is 1. The van der Waals surface area contributed by atoms with Gasteiger partial charge >= 0.3 is 0 Å². The summed E-state index contributed by atoms with van der Waals surface area (Å²) in [4.78, 5) is 0. The number of nitrogens with two attached hydrogens (primary N) is 1. The van der Waals surface area contributed by atoms with Crippen LogP contribution < -0.4 is 5.73 Å². The van der Waals surface area contributed by atoms with Crippen molar-refractivity contribution in [2.45, 2.75) is 18.5 Å². The van der Waals surface area contributed by atoms with E-state index in [4.69, 9.17) is 11.1 Å². The van der Waals surface area contributed by atoms with Gasteiger partial charge in [0.2, 0.25) is 0 Å². The number of hydrogen-bond donors (Lipinski definition) is 2.